The summed E-state index contributed by atoms with van der Waals surface area (Å²) in [5.41, 5.74) is 4.44. The van der Waals surface area contributed by atoms with Crippen LogP contribution >= 0.6 is 0 Å². The normalized spacial score (nSPS) is 11.8. The molecule has 3 rings (SSSR count). The molecule has 2 aromatic carbocycles. The van der Waals surface area contributed by atoms with E-state index in [1.807, 2.05) is 30.5 Å². The lowest BCUT2D eigenvalue weighted by molar-refractivity contribution is -0.123. The quantitative estimate of drug-likeness (QED) is 0.306. The first-order valence-corrected chi connectivity index (χ1v) is 8.12. The number of carbonyl (C=O) groups excluding carboxylic acids is 2. The van der Waals surface area contributed by atoms with Gasteiger partial charge in [0.15, 0.2) is 0 Å². The van der Waals surface area contributed by atoms with Crippen molar-refractivity contribution in [2.24, 2.45) is 5.84 Å². The summed E-state index contributed by atoms with van der Waals surface area (Å²) < 4.78 is 5.08. The molecular formula is C19H20N4O3. The monoisotopic (exact) mass is 352 g/mol. The Morgan fingerprint density at radius 2 is 1.88 bits per heavy atom. The number of benzene rings is 2. The highest BCUT2D eigenvalue weighted by molar-refractivity contribution is 5.98. The van der Waals surface area contributed by atoms with Gasteiger partial charge in [-0.15, -0.1) is 0 Å². The van der Waals surface area contributed by atoms with E-state index in [1.165, 1.54) is 0 Å². The molecule has 0 bridgehead atoms. The van der Waals surface area contributed by atoms with E-state index in [9.17, 15) is 9.59 Å². The third-order valence-electron chi connectivity index (χ3n) is 4.22. The van der Waals surface area contributed by atoms with Crippen LogP contribution in [0, 0.1) is 0 Å². The molecule has 0 aliphatic rings. The second kappa shape index (κ2) is 7.71. The Kier molecular flexibility index (Phi) is 5.19. The smallest absolute Gasteiger partial charge is 0.256 e. The second-order valence-corrected chi connectivity index (χ2v) is 5.83. The number of nitrogens with one attached hydrogen (secondary N) is 3. The number of hydrogen-bond acceptors (Lipinski definition) is 4. The number of amides is 2. The first-order chi connectivity index (χ1) is 12.6. The Hall–Kier alpha value is -3.32. The van der Waals surface area contributed by atoms with Gasteiger partial charge >= 0.3 is 0 Å². The van der Waals surface area contributed by atoms with Crippen molar-refractivity contribution in [3.63, 3.8) is 0 Å². The van der Waals surface area contributed by atoms with Crippen molar-refractivity contribution < 1.29 is 14.3 Å². The number of nitrogens with two attached hydrogens (primary N) is 1. The number of aromatic amines is 1. The summed E-state index contributed by atoms with van der Waals surface area (Å²) in [6.45, 7) is 0. The minimum atomic E-state index is -0.797. The highest BCUT2D eigenvalue weighted by Gasteiger charge is 2.22. The second-order valence-electron chi connectivity index (χ2n) is 5.83. The average Bonchev–Trinajstić information content (AvgIpc) is 3.09. The molecule has 1 aromatic heterocycles. The van der Waals surface area contributed by atoms with Crippen LogP contribution in [-0.2, 0) is 11.2 Å². The summed E-state index contributed by atoms with van der Waals surface area (Å²) in [5, 5.41) is 3.74. The molecule has 0 saturated heterocycles. The van der Waals surface area contributed by atoms with Crippen molar-refractivity contribution in [3.05, 3.63) is 65.9 Å². The zero-order chi connectivity index (χ0) is 18.5. The molecule has 1 heterocycles. The van der Waals surface area contributed by atoms with E-state index >= 15 is 0 Å². The zero-order valence-electron chi connectivity index (χ0n) is 14.3. The fourth-order valence-corrected chi connectivity index (χ4v) is 2.81. The van der Waals surface area contributed by atoms with Crippen LogP contribution in [0.5, 0.6) is 5.75 Å². The number of hydrazine groups is 1. The van der Waals surface area contributed by atoms with Gasteiger partial charge in [-0.05, 0) is 35.9 Å². The molecule has 1 atom stereocenters. The number of ether oxygens (including phenoxy) is 1. The third-order valence-corrected chi connectivity index (χ3v) is 4.22. The highest BCUT2D eigenvalue weighted by Crippen LogP contribution is 2.19. The van der Waals surface area contributed by atoms with Crippen LogP contribution in [0.4, 0.5) is 0 Å². The molecule has 5 N–H and O–H groups in total. The van der Waals surface area contributed by atoms with Crippen molar-refractivity contribution in [3.8, 4) is 5.75 Å². The predicted molar refractivity (Wildman–Crippen MR) is 98.6 cm³/mol. The minimum absolute atomic E-state index is 0.314. The van der Waals surface area contributed by atoms with Crippen molar-refractivity contribution >= 4 is 22.7 Å². The Labute approximate surface area is 150 Å². The van der Waals surface area contributed by atoms with E-state index in [2.05, 4.69) is 15.7 Å². The van der Waals surface area contributed by atoms with Crippen LogP contribution in [0.25, 0.3) is 10.9 Å². The molecule has 7 nitrogen and oxygen atoms in total. The number of hydrogen-bond donors (Lipinski definition) is 4. The third kappa shape index (κ3) is 3.68. The van der Waals surface area contributed by atoms with Gasteiger partial charge in [-0.2, -0.15) is 0 Å². The predicted octanol–water partition coefficient (Wildman–Crippen LogP) is 1.51. The van der Waals surface area contributed by atoms with Crippen molar-refractivity contribution in [2.75, 3.05) is 7.11 Å². The van der Waals surface area contributed by atoms with Crippen LogP contribution in [0.2, 0.25) is 0 Å². The number of methoxy groups -OCH3 is 1. The molecule has 0 spiro atoms. The Morgan fingerprint density at radius 3 is 2.58 bits per heavy atom. The fourth-order valence-electron chi connectivity index (χ4n) is 2.81. The SMILES string of the molecule is COc1ccc(C(=O)N[C@H](Cc2c[nH]c3ccccc23)C(=O)NN)cc1. The molecule has 0 unspecified atom stereocenters. The van der Waals surface area contributed by atoms with Crippen LogP contribution < -0.4 is 21.3 Å². The largest absolute Gasteiger partial charge is 0.497 e. The van der Waals surface area contributed by atoms with E-state index in [1.54, 1.807) is 31.4 Å². The zero-order valence-corrected chi connectivity index (χ0v) is 14.3. The van der Waals surface area contributed by atoms with Gasteiger partial charge in [0, 0.05) is 29.1 Å². The molecule has 7 heteroatoms. The van der Waals surface area contributed by atoms with Gasteiger partial charge < -0.3 is 15.0 Å². The van der Waals surface area contributed by atoms with Gasteiger partial charge in [-0.1, -0.05) is 18.2 Å². The Bertz CT molecular complexity index is 918. The molecule has 0 aliphatic heterocycles. The number of para-hydroxylation sites is 1. The summed E-state index contributed by atoms with van der Waals surface area (Å²) >= 11 is 0. The molecule has 134 valence electrons. The van der Waals surface area contributed by atoms with E-state index in [4.69, 9.17) is 10.6 Å². The number of rotatable bonds is 6. The highest BCUT2D eigenvalue weighted by atomic mass is 16.5. The molecule has 0 aliphatic carbocycles. The van der Waals surface area contributed by atoms with Crippen LogP contribution in [-0.4, -0.2) is 29.9 Å². The van der Waals surface area contributed by atoms with Gasteiger partial charge in [0.1, 0.15) is 11.8 Å². The van der Waals surface area contributed by atoms with Crippen molar-refractivity contribution in [1.82, 2.24) is 15.7 Å². The molecule has 0 saturated carbocycles. The Morgan fingerprint density at radius 1 is 1.15 bits per heavy atom. The minimum Gasteiger partial charge on any atom is -0.497 e. The van der Waals surface area contributed by atoms with Gasteiger partial charge in [-0.25, -0.2) is 5.84 Å². The number of aromatic nitrogens is 1. The first-order valence-electron chi connectivity index (χ1n) is 8.12. The fraction of sp³-hybridized carbons (Fsp3) is 0.158. The van der Waals surface area contributed by atoms with Crippen LogP contribution in [0.15, 0.2) is 54.7 Å². The number of fused-ring (bicyclic) bond motifs is 1. The lowest BCUT2D eigenvalue weighted by Crippen LogP contribution is -2.50. The van der Waals surface area contributed by atoms with E-state index < -0.39 is 11.9 Å². The van der Waals surface area contributed by atoms with Crippen molar-refractivity contribution in [1.29, 1.82) is 0 Å². The number of carbonyl (C=O) groups is 2. The average molecular weight is 352 g/mol. The standard InChI is InChI=1S/C19H20N4O3/c1-26-14-8-6-12(7-9-14)18(24)22-17(19(25)23-20)10-13-11-21-16-5-3-2-4-15(13)16/h2-9,11,17,21H,10,20H2,1H3,(H,22,24)(H,23,25)/t17-/m1/s1. The lowest BCUT2D eigenvalue weighted by Gasteiger charge is -2.17. The molecule has 2 amide bonds. The van der Waals surface area contributed by atoms with Gasteiger partial charge in [0.2, 0.25) is 0 Å². The van der Waals surface area contributed by atoms with Gasteiger partial charge in [0.05, 0.1) is 7.11 Å². The lowest BCUT2D eigenvalue weighted by atomic mass is 10.0. The number of H-pyrrole nitrogens is 1. The molecule has 0 fully saturated rings. The summed E-state index contributed by atoms with van der Waals surface area (Å²) in [6.07, 6.45) is 2.15. The van der Waals surface area contributed by atoms with Crippen LogP contribution in [0.3, 0.4) is 0 Å². The Balaban J connectivity index is 1.79. The summed E-state index contributed by atoms with van der Waals surface area (Å²) in [7, 11) is 1.55. The topological polar surface area (TPSA) is 109 Å². The van der Waals surface area contributed by atoms with E-state index in [0.29, 0.717) is 17.7 Å². The van der Waals surface area contributed by atoms with Crippen molar-refractivity contribution in [2.45, 2.75) is 12.5 Å². The molecular weight excluding hydrogens is 332 g/mol. The first kappa shape index (κ1) is 17.5. The maximum Gasteiger partial charge on any atom is 0.256 e. The van der Waals surface area contributed by atoms with Crippen LogP contribution in [0.1, 0.15) is 15.9 Å². The maximum atomic E-state index is 12.5. The molecule has 0 radical (unpaired) electrons. The van der Waals surface area contributed by atoms with E-state index in [-0.39, 0.29) is 5.91 Å². The summed E-state index contributed by atoms with van der Waals surface area (Å²) in [4.78, 5) is 27.8. The summed E-state index contributed by atoms with van der Waals surface area (Å²) in [5.74, 6) is 5.12. The summed E-state index contributed by atoms with van der Waals surface area (Å²) in [6, 6.07) is 13.6. The van der Waals surface area contributed by atoms with E-state index in [0.717, 1.165) is 16.5 Å². The van der Waals surface area contributed by atoms with Gasteiger partial charge in [0.25, 0.3) is 11.8 Å². The van der Waals surface area contributed by atoms with Gasteiger partial charge in [-0.3, -0.25) is 15.0 Å². The maximum absolute atomic E-state index is 12.5. The molecule has 3 aromatic rings. The molecule has 26 heavy (non-hydrogen) atoms.